The lowest BCUT2D eigenvalue weighted by atomic mass is 10.1. The second-order valence-corrected chi connectivity index (χ2v) is 6.12. The summed E-state index contributed by atoms with van der Waals surface area (Å²) in [5.74, 6) is 0.577. The van der Waals surface area contributed by atoms with Gasteiger partial charge >= 0.3 is 0 Å². The SMILES string of the molecule is Cc1cc(F)ccc1COc1c(Br)cccc1CC(C)N. The molecule has 0 saturated carbocycles. The van der Waals surface area contributed by atoms with Crippen LogP contribution in [-0.4, -0.2) is 6.04 Å². The molecule has 0 radical (unpaired) electrons. The first kappa shape index (κ1) is 16.0. The lowest BCUT2D eigenvalue weighted by molar-refractivity contribution is 0.299. The first-order valence-corrected chi connectivity index (χ1v) is 7.67. The molecule has 1 atom stereocenters. The van der Waals surface area contributed by atoms with Gasteiger partial charge in [0.25, 0.3) is 0 Å². The van der Waals surface area contributed by atoms with Crippen molar-refractivity contribution in [1.82, 2.24) is 0 Å². The first-order chi connectivity index (χ1) is 9.97. The molecule has 2 aromatic carbocycles. The maximum Gasteiger partial charge on any atom is 0.137 e. The van der Waals surface area contributed by atoms with Crippen LogP contribution < -0.4 is 10.5 Å². The van der Waals surface area contributed by atoms with Gasteiger partial charge in [0.05, 0.1) is 4.47 Å². The van der Waals surface area contributed by atoms with Crippen LogP contribution in [0, 0.1) is 12.7 Å². The van der Waals surface area contributed by atoms with Gasteiger partial charge in [-0.05, 0) is 71.1 Å². The normalized spacial score (nSPS) is 12.2. The molecule has 0 aliphatic rings. The van der Waals surface area contributed by atoms with Gasteiger partial charge < -0.3 is 10.5 Å². The second-order valence-electron chi connectivity index (χ2n) is 5.27. The van der Waals surface area contributed by atoms with Crippen molar-refractivity contribution in [2.45, 2.75) is 32.9 Å². The van der Waals surface area contributed by atoms with E-state index in [0.29, 0.717) is 6.61 Å². The number of benzene rings is 2. The number of halogens is 2. The van der Waals surface area contributed by atoms with Crippen LogP contribution in [0.4, 0.5) is 4.39 Å². The summed E-state index contributed by atoms with van der Waals surface area (Å²) in [4.78, 5) is 0. The maximum absolute atomic E-state index is 13.1. The van der Waals surface area contributed by atoms with Gasteiger partial charge in [-0.1, -0.05) is 18.2 Å². The predicted octanol–water partition coefficient (Wildman–Crippen LogP) is 4.37. The van der Waals surface area contributed by atoms with E-state index in [2.05, 4.69) is 15.9 Å². The molecule has 0 spiro atoms. The van der Waals surface area contributed by atoms with Crippen LogP contribution in [-0.2, 0) is 13.0 Å². The molecule has 0 saturated heterocycles. The molecule has 0 aliphatic heterocycles. The van der Waals surface area contributed by atoms with Gasteiger partial charge in [-0.2, -0.15) is 0 Å². The molecule has 2 rings (SSSR count). The third-order valence-electron chi connectivity index (χ3n) is 3.27. The zero-order valence-corrected chi connectivity index (χ0v) is 13.8. The smallest absolute Gasteiger partial charge is 0.137 e. The average Bonchev–Trinajstić information content (AvgIpc) is 2.39. The topological polar surface area (TPSA) is 35.2 Å². The Labute approximate surface area is 133 Å². The van der Waals surface area contributed by atoms with E-state index in [1.807, 2.05) is 32.0 Å². The van der Waals surface area contributed by atoms with Crippen LogP contribution >= 0.6 is 15.9 Å². The largest absolute Gasteiger partial charge is 0.487 e. The van der Waals surface area contributed by atoms with Crippen molar-refractivity contribution >= 4 is 15.9 Å². The number of ether oxygens (including phenoxy) is 1. The average molecular weight is 352 g/mol. The Morgan fingerprint density at radius 2 is 2.00 bits per heavy atom. The van der Waals surface area contributed by atoms with Crippen molar-refractivity contribution in [1.29, 1.82) is 0 Å². The molecule has 0 amide bonds. The van der Waals surface area contributed by atoms with Crippen LogP contribution in [0.5, 0.6) is 5.75 Å². The molecular weight excluding hydrogens is 333 g/mol. The summed E-state index contributed by atoms with van der Waals surface area (Å²) in [6.07, 6.45) is 0.747. The van der Waals surface area contributed by atoms with Crippen molar-refractivity contribution in [2.24, 2.45) is 5.73 Å². The van der Waals surface area contributed by atoms with Crippen LogP contribution in [0.3, 0.4) is 0 Å². The molecule has 4 heteroatoms. The van der Waals surface area contributed by atoms with Crippen molar-refractivity contribution < 1.29 is 9.13 Å². The van der Waals surface area contributed by atoms with E-state index in [4.69, 9.17) is 10.5 Å². The van der Waals surface area contributed by atoms with E-state index in [1.165, 1.54) is 12.1 Å². The highest BCUT2D eigenvalue weighted by Gasteiger charge is 2.11. The third-order valence-corrected chi connectivity index (χ3v) is 3.89. The number of aryl methyl sites for hydroxylation is 1. The summed E-state index contributed by atoms with van der Waals surface area (Å²) in [6.45, 7) is 4.25. The van der Waals surface area contributed by atoms with E-state index in [1.54, 1.807) is 6.07 Å². The molecule has 2 aromatic rings. The molecule has 21 heavy (non-hydrogen) atoms. The summed E-state index contributed by atoms with van der Waals surface area (Å²) in [7, 11) is 0. The van der Waals surface area contributed by atoms with Gasteiger partial charge in [-0.3, -0.25) is 0 Å². The Morgan fingerprint density at radius 3 is 2.67 bits per heavy atom. The minimum atomic E-state index is -0.227. The minimum Gasteiger partial charge on any atom is -0.487 e. The van der Waals surface area contributed by atoms with Gasteiger partial charge in [0.1, 0.15) is 18.2 Å². The highest BCUT2D eigenvalue weighted by atomic mass is 79.9. The Kier molecular flexibility index (Phi) is 5.37. The van der Waals surface area contributed by atoms with Gasteiger partial charge in [0.15, 0.2) is 0 Å². The summed E-state index contributed by atoms with van der Waals surface area (Å²) >= 11 is 3.51. The highest BCUT2D eigenvalue weighted by molar-refractivity contribution is 9.10. The highest BCUT2D eigenvalue weighted by Crippen LogP contribution is 2.31. The summed E-state index contributed by atoms with van der Waals surface area (Å²) < 4.78 is 20.0. The Bertz CT molecular complexity index is 628. The number of hydrogen-bond acceptors (Lipinski definition) is 2. The van der Waals surface area contributed by atoms with E-state index in [-0.39, 0.29) is 11.9 Å². The van der Waals surface area contributed by atoms with E-state index in [0.717, 1.165) is 33.3 Å². The fourth-order valence-corrected chi connectivity index (χ4v) is 2.72. The third kappa shape index (κ3) is 4.29. The molecule has 0 aromatic heterocycles. The Morgan fingerprint density at radius 1 is 1.24 bits per heavy atom. The van der Waals surface area contributed by atoms with Crippen molar-refractivity contribution in [3.8, 4) is 5.75 Å². The first-order valence-electron chi connectivity index (χ1n) is 6.88. The van der Waals surface area contributed by atoms with Gasteiger partial charge in [-0.25, -0.2) is 4.39 Å². The fourth-order valence-electron chi connectivity index (χ4n) is 2.19. The molecule has 0 bridgehead atoms. The summed E-state index contributed by atoms with van der Waals surface area (Å²) in [6, 6.07) is 10.7. The zero-order chi connectivity index (χ0) is 15.4. The van der Waals surface area contributed by atoms with Crippen LogP contribution in [0.25, 0.3) is 0 Å². The van der Waals surface area contributed by atoms with Crippen molar-refractivity contribution in [3.63, 3.8) is 0 Å². The number of nitrogens with two attached hydrogens (primary N) is 1. The summed E-state index contributed by atoms with van der Waals surface area (Å²) in [5, 5.41) is 0. The summed E-state index contributed by atoms with van der Waals surface area (Å²) in [5.41, 5.74) is 8.80. The molecule has 1 unspecified atom stereocenters. The monoisotopic (exact) mass is 351 g/mol. The molecule has 2 N–H and O–H groups in total. The van der Waals surface area contributed by atoms with Gasteiger partial charge in [-0.15, -0.1) is 0 Å². The van der Waals surface area contributed by atoms with Crippen molar-refractivity contribution in [3.05, 3.63) is 63.4 Å². The quantitative estimate of drug-likeness (QED) is 0.868. The van der Waals surface area contributed by atoms with Crippen LogP contribution in [0.15, 0.2) is 40.9 Å². The number of hydrogen-bond donors (Lipinski definition) is 1. The zero-order valence-electron chi connectivity index (χ0n) is 12.2. The Balaban J connectivity index is 2.19. The molecule has 0 heterocycles. The second kappa shape index (κ2) is 7.05. The van der Waals surface area contributed by atoms with Crippen LogP contribution in [0.1, 0.15) is 23.6 Å². The van der Waals surface area contributed by atoms with E-state index in [9.17, 15) is 4.39 Å². The molecule has 0 fully saturated rings. The minimum absolute atomic E-state index is 0.0641. The molecular formula is C17H19BrFNO. The van der Waals surface area contributed by atoms with Crippen molar-refractivity contribution in [2.75, 3.05) is 0 Å². The number of para-hydroxylation sites is 1. The Hall–Kier alpha value is -1.39. The molecule has 0 aliphatic carbocycles. The van der Waals surface area contributed by atoms with Gasteiger partial charge in [0.2, 0.25) is 0 Å². The fraction of sp³-hybridized carbons (Fsp3) is 0.294. The molecule has 2 nitrogen and oxygen atoms in total. The number of rotatable bonds is 5. The van der Waals surface area contributed by atoms with E-state index >= 15 is 0 Å². The lowest BCUT2D eigenvalue weighted by Gasteiger charge is -2.15. The predicted molar refractivity (Wildman–Crippen MR) is 87.0 cm³/mol. The van der Waals surface area contributed by atoms with Gasteiger partial charge in [0, 0.05) is 6.04 Å². The standard InChI is InChI=1S/C17H19BrFNO/c1-11-8-15(19)7-6-14(11)10-21-17-13(9-12(2)20)4-3-5-16(17)18/h3-8,12H,9-10,20H2,1-2H3. The molecule has 112 valence electrons. The van der Waals surface area contributed by atoms with Crippen LogP contribution in [0.2, 0.25) is 0 Å². The lowest BCUT2D eigenvalue weighted by Crippen LogP contribution is -2.18. The maximum atomic E-state index is 13.1. The van der Waals surface area contributed by atoms with E-state index < -0.39 is 0 Å².